The first-order valence-corrected chi connectivity index (χ1v) is 11.5. The summed E-state index contributed by atoms with van der Waals surface area (Å²) < 4.78 is 0.871. The molecule has 5 nitrogen and oxygen atoms in total. The number of carbonyl (C=O) groups excluding carboxylic acids is 2. The summed E-state index contributed by atoms with van der Waals surface area (Å²) in [7, 11) is 0. The van der Waals surface area contributed by atoms with Crippen LogP contribution in [0.4, 0.5) is 11.4 Å². The van der Waals surface area contributed by atoms with Gasteiger partial charge in [-0.15, -0.1) is 0 Å². The standard InChI is InChI=1S/C24H19BrClN3O2S/c25-17-6-12-20(13-7-17)29-22(30)14-21(23(29)31)28(15-16-4-2-1-3-5-16)24(32)27-19-10-8-18(26)9-11-19/h1-13,21H,14-15H2,(H,27,32). The fraction of sp³-hybridized carbons (Fsp3) is 0.125. The summed E-state index contributed by atoms with van der Waals surface area (Å²) in [4.78, 5) is 29.2. The van der Waals surface area contributed by atoms with Crippen LogP contribution in [-0.4, -0.2) is 27.9 Å². The van der Waals surface area contributed by atoms with Crippen LogP contribution in [-0.2, 0) is 16.1 Å². The molecule has 1 aliphatic heterocycles. The summed E-state index contributed by atoms with van der Waals surface area (Å²) >= 11 is 15.0. The van der Waals surface area contributed by atoms with Crippen LogP contribution >= 0.6 is 39.7 Å². The average Bonchev–Trinajstić information content (AvgIpc) is 3.08. The third-order valence-electron chi connectivity index (χ3n) is 5.14. The van der Waals surface area contributed by atoms with Gasteiger partial charge in [0.1, 0.15) is 6.04 Å². The fourth-order valence-corrected chi connectivity index (χ4v) is 4.25. The normalized spacial score (nSPS) is 15.7. The molecule has 1 saturated heterocycles. The molecule has 0 bridgehead atoms. The molecule has 1 aliphatic rings. The third-order valence-corrected chi connectivity index (χ3v) is 6.25. The molecular formula is C24H19BrClN3O2S. The van der Waals surface area contributed by atoms with E-state index < -0.39 is 6.04 Å². The minimum absolute atomic E-state index is 0.0458. The monoisotopic (exact) mass is 527 g/mol. The van der Waals surface area contributed by atoms with E-state index in [1.54, 1.807) is 41.3 Å². The lowest BCUT2D eigenvalue weighted by Gasteiger charge is -2.30. The molecule has 1 heterocycles. The predicted molar refractivity (Wildman–Crippen MR) is 135 cm³/mol. The molecule has 0 aromatic heterocycles. The van der Waals surface area contributed by atoms with Crippen LogP contribution in [0.25, 0.3) is 0 Å². The van der Waals surface area contributed by atoms with Gasteiger partial charge in [-0.2, -0.15) is 0 Å². The quantitative estimate of drug-likeness (QED) is 0.343. The van der Waals surface area contributed by atoms with Gasteiger partial charge in [0.2, 0.25) is 5.91 Å². The minimum atomic E-state index is -0.710. The number of imide groups is 1. The minimum Gasteiger partial charge on any atom is -0.333 e. The van der Waals surface area contributed by atoms with E-state index in [-0.39, 0.29) is 18.2 Å². The smallest absolute Gasteiger partial charge is 0.257 e. The number of hydrogen-bond acceptors (Lipinski definition) is 3. The average molecular weight is 529 g/mol. The molecular weight excluding hydrogens is 510 g/mol. The molecule has 1 atom stereocenters. The van der Waals surface area contributed by atoms with Crippen molar-refractivity contribution in [3.63, 3.8) is 0 Å². The number of thiocarbonyl (C=S) groups is 1. The number of hydrogen-bond donors (Lipinski definition) is 1. The highest BCUT2D eigenvalue weighted by molar-refractivity contribution is 9.10. The fourth-order valence-electron chi connectivity index (χ4n) is 3.55. The van der Waals surface area contributed by atoms with Crippen LogP contribution in [0, 0.1) is 0 Å². The Morgan fingerprint density at radius 3 is 2.34 bits per heavy atom. The summed E-state index contributed by atoms with van der Waals surface area (Å²) in [6.45, 7) is 0.387. The van der Waals surface area contributed by atoms with Gasteiger partial charge in [0.15, 0.2) is 5.11 Å². The Kier molecular flexibility index (Phi) is 6.89. The van der Waals surface area contributed by atoms with Gasteiger partial charge in [-0.05, 0) is 66.3 Å². The Labute approximate surface area is 205 Å². The summed E-state index contributed by atoms with van der Waals surface area (Å²) in [5.41, 5.74) is 2.27. The SMILES string of the molecule is O=C1CC(N(Cc2ccccc2)C(=S)Nc2ccc(Cl)cc2)C(=O)N1c1ccc(Br)cc1. The van der Waals surface area contributed by atoms with Crippen LogP contribution < -0.4 is 10.2 Å². The number of amides is 2. The summed E-state index contributed by atoms with van der Waals surface area (Å²) in [5, 5.41) is 4.15. The molecule has 0 aliphatic carbocycles. The maximum Gasteiger partial charge on any atom is 0.257 e. The zero-order valence-corrected chi connectivity index (χ0v) is 20.0. The summed E-state index contributed by atoms with van der Waals surface area (Å²) in [5.74, 6) is -0.553. The first-order valence-electron chi connectivity index (χ1n) is 9.92. The van der Waals surface area contributed by atoms with E-state index in [0.29, 0.717) is 22.4 Å². The van der Waals surface area contributed by atoms with Gasteiger partial charge in [0, 0.05) is 21.7 Å². The highest BCUT2D eigenvalue weighted by Gasteiger charge is 2.43. The van der Waals surface area contributed by atoms with Gasteiger partial charge in [0.25, 0.3) is 5.91 Å². The summed E-state index contributed by atoms with van der Waals surface area (Å²) in [6.07, 6.45) is 0.0458. The lowest BCUT2D eigenvalue weighted by Crippen LogP contribution is -2.46. The molecule has 0 spiro atoms. The number of rotatable bonds is 5. The van der Waals surface area contributed by atoms with Crippen molar-refractivity contribution in [2.24, 2.45) is 0 Å². The van der Waals surface area contributed by atoms with Crippen molar-refractivity contribution in [1.29, 1.82) is 0 Å². The number of nitrogens with zero attached hydrogens (tertiary/aromatic N) is 2. The molecule has 0 radical (unpaired) electrons. The van der Waals surface area contributed by atoms with Gasteiger partial charge in [0.05, 0.1) is 12.1 Å². The Hall–Kier alpha value is -2.74. The van der Waals surface area contributed by atoms with Gasteiger partial charge in [-0.3, -0.25) is 9.59 Å². The van der Waals surface area contributed by atoms with Crippen LogP contribution in [0.15, 0.2) is 83.3 Å². The van der Waals surface area contributed by atoms with Gasteiger partial charge >= 0.3 is 0 Å². The molecule has 4 rings (SSSR count). The van der Waals surface area contributed by atoms with Crippen LogP contribution in [0.2, 0.25) is 5.02 Å². The van der Waals surface area contributed by atoms with E-state index in [1.807, 2.05) is 42.5 Å². The Balaban J connectivity index is 1.62. The molecule has 32 heavy (non-hydrogen) atoms. The third kappa shape index (κ3) is 5.01. The van der Waals surface area contributed by atoms with E-state index in [0.717, 1.165) is 15.7 Å². The van der Waals surface area contributed by atoms with Crippen molar-refractivity contribution in [3.05, 3.63) is 93.9 Å². The second-order valence-electron chi connectivity index (χ2n) is 7.31. The lowest BCUT2D eigenvalue weighted by molar-refractivity contribution is -0.122. The maximum atomic E-state index is 13.4. The maximum absolute atomic E-state index is 13.4. The van der Waals surface area contributed by atoms with E-state index in [4.69, 9.17) is 23.8 Å². The van der Waals surface area contributed by atoms with E-state index in [2.05, 4.69) is 21.2 Å². The lowest BCUT2D eigenvalue weighted by atomic mass is 10.1. The van der Waals surface area contributed by atoms with Crippen molar-refractivity contribution in [2.45, 2.75) is 19.0 Å². The molecule has 0 saturated carbocycles. The van der Waals surface area contributed by atoms with Gasteiger partial charge in [-0.1, -0.05) is 57.9 Å². The Bertz CT molecular complexity index is 1140. The number of anilines is 2. The largest absolute Gasteiger partial charge is 0.333 e. The molecule has 8 heteroatoms. The van der Waals surface area contributed by atoms with E-state index in [9.17, 15) is 9.59 Å². The van der Waals surface area contributed by atoms with Crippen molar-refractivity contribution in [2.75, 3.05) is 10.2 Å². The molecule has 3 aromatic carbocycles. The second kappa shape index (κ2) is 9.81. The highest BCUT2D eigenvalue weighted by atomic mass is 79.9. The van der Waals surface area contributed by atoms with Crippen molar-refractivity contribution in [1.82, 2.24) is 4.90 Å². The molecule has 1 unspecified atom stereocenters. The first-order chi connectivity index (χ1) is 15.4. The zero-order chi connectivity index (χ0) is 22.7. The van der Waals surface area contributed by atoms with Crippen LogP contribution in [0.1, 0.15) is 12.0 Å². The highest BCUT2D eigenvalue weighted by Crippen LogP contribution is 2.28. The first kappa shape index (κ1) is 22.5. The second-order valence-corrected chi connectivity index (χ2v) is 9.05. The molecule has 2 amide bonds. The summed E-state index contributed by atoms with van der Waals surface area (Å²) in [6, 6.07) is 23.2. The van der Waals surface area contributed by atoms with Crippen molar-refractivity contribution in [3.8, 4) is 0 Å². The number of carbonyl (C=O) groups is 2. The van der Waals surface area contributed by atoms with Gasteiger partial charge in [-0.25, -0.2) is 4.90 Å². The Morgan fingerprint density at radius 2 is 1.69 bits per heavy atom. The van der Waals surface area contributed by atoms with Crippen LogP contribution in [0.5, 0.6) is 0 Å². The molecule has 162 valence electrons. The molecule has 1 N–H and O–H groups in total. The van der Waals surface area contributed by atoms with E-state index in [1.165, 1.54) is 4.90 Å². The Morgan fingerprint density at radius 1 is 1.03 bits per heavy atom. The van der Waals surface area contributed by atoms with E-state index >= 15 is 0 Å². The van der Waals surface area contributed by atoms with Crippen molar-refractivity contribution < 1.29 is 9.59 Å². The number of nitrogens with one attached hydrogen (secondary N) is 1. The molecule has 1 fully saturated rings. The number of halogens is 2. The van der Waals surface area contributed by atoms with Crippen LogP contribution in [0.3, 0.4) is 0 Å². The van der Waals surface area contributed by atoms with Crippen molar-refractivity contribution >= 4 is 68.1 Å². The molecule has 3 aromatic rings. The number of benzene rings is 3. The van der Waals surface area contributed by atoms with Gasteiger partial charge < -0.3 is 10.2 Å². The topological polar surface area (TPSA) is 52.7 Å². The zero-order valence-electron chi connectivity index (χ0n) is 16.9. The predicted octanol–water partition coefficient (Wildman–Crippen LogP) is 5.63.